The summed E-state index contributed by atoms with van der Waals surface area (Å²) in [5, 5.41) is 0.318. The van der Waals surface area contributed by atoms with Crippen LogP contribution in [0.3, 0.4) is 0 Å². The van der Waals surface area contributed by atoms with Crippen LogP contribution in [0.25, 0.3) is 10.9 Å². The SMILES string of the molecule is O=C(CCn1cnc2ccccc2c1=O)N1CCN(S(=O)(=O)C2CC2)CC1. The van der Waals surface area contributed by atoms with Crippen LogP contribution < -0.4 is 5.56 Å². The first kappa shape index (κ1) is 18.1. The van der Waals surface area contributed by atoms with Gasteiger partial charge in [0.2, 0.25) is 15.9 Å². The molecule has 27 heavy (non-hydrogen) atoms. The lowest BCUT2D eigenvalue weighted by atomic mass is 10.2. The van der Waals surface area contributed by atoms with E-state index in [4.69, 9.17) is 0 Å². The van der Waals surface area contributed by atoms with Gasteiger partial charge in [-0.1, -0.05) is 12.1 Å². The van der Waals surface area contributed by atoms with Crippen molar-refractivity contribution < 1.29 is 13.2 Å². The number of aromatic nitrogens is 2. The maximum Gasteiger partial charge on any atom is 0.261 e. The number of hydrogen-bond donors (Lipinski definition) is 0. The minimum absolute atomic E-state index is 0.0708. The number of amides is 1. The van der Waals surface area contributed by atoms with Gasteiger partial charge in [0.05, 0.1) is 22.5 Å². The second kappa shape index (κ2) is 7.05. The summed E-state index contributed by atoms with van der Waals surface area (Å²) in [6.07, 6.45) is 3.15. The zero-order valence-corrected chi connectivity index (χ0v) is 15.8. The van der Waals surface area contributed by atoms with Crippen molar-refractivity contribution >= 4 is 26.8 Å². The molecule has 2 heterocycles. The summed E-state index contributed by atoms with van der Waals surface area (Å²) in [7, 11) is -3.18. The number of rotatable bonds is 5. The monoisotopic (exact) mass is 390 g/mol. The van der Waals surface area contributed by atoms with Gasteiger partial charge in [0.1, 0.15) is 0 Å². The molecule has 0 N–H and O–H groups in total. The Labute approximate surface area is 157 Å². The van der Waals surface area contributed by atoms with Gasteiger partial charge < -0.3 is 4.90 Å². The molecule has 0 bridgehead atoms. The van der Waals surface area contributed by atoms with Crippen molar-refractivity contribution in [1.82, 2.24) is 18.8 Å². The zero-order chi connectivity index (χ0) is 19.0. The van der Waals surface area contributed by atoms with E-state index in [2.05, 4.69) is 4.98 Å². The highest BCUT2D eigenvalue weighted by Crippen LogP contribution is 2.31. The van der Waals surface area contributed by atoms with Gasteiger partial charge in [0, 0.05) is 39.1 Å². The molecule has 1 aromatic carbocycles. The Morgan fingerprint density at radius 1 is 1.11 bits per heavy atom. The van der Waals surface area contributed by atoms with Crippen molar-refractivity contribution in [2.45, 2.75) is 31.1 Å². The van der Waals surface area contributed by atoms with Crippen LogP contribution in [0.2, 0.25) is 0 Å². The Balaban J connectivity index is 1.35. The number of carbonyl (C=O) groups is 1. The molecular weight excluding hydrogens is 368 g/mol. The third-order valence-electron chi connectivity index (χ3n) is 5.19. The van der Waals surface area contributed by atoms with Crippen LogP contribution in [-0.4, -0.2) is 64.5 Å². The highest BCUT2D eigenvalue weighted by molar-refractivity contribution is 7.90. The van der Waals surface area contributed by atoms with Crippen molar-refractivity contribution in [3.05, 3.63) is 40.9 Å². The number of nitrogens with zero attached hydrogens (tertiary/aromatic N) is 4. The van der Waals surface area contributed by atoms with Gasteiger partial charge >= 0.3 is 0 Å². The fourth-order valence-corrected chi connectivity index (χ4v) is 5.23. The summed E-state index contributed by atoms with van der Waals surface area (Å²) >= 11 is 0. The number of piperazine rings is 1. The van der Waals surface area contributed by atoms with Crippen molar-refractivity contribution in [3.63, 3.8) is 0 Å². The number of para-hydroxylation sites is 1. The first-order chi connectivity index (χ1) is 13.0. The van der Waals surface area contributed by atoms with Gasteiger partial charge in [-0.15, -0.1) is 0 Å². The first-order valence-corrected chi connectivity index (χ1v) is 10.7. The molecule has 1 amide bonds. The Hall–Kier alpha value is -2.26. The molecule has 9 heteroatoms. The molecule has 2 fully saturated rings. The van der Waals surface area contributed by atoms with E-state index >= 15 is 0 Å². The van der Waals surface area contributed by atoms with Gasteiger partial charge in [-0.25, -0.2) is 13.4 Å². The fourth-order valence-electron chi connectivity index (χ4n) is 3.41. The minimum atomic E-state index is -3.18. The van der Waals surface area contributed by atoms with Crippen LogP contribution in [-0.2, 0) is 21.4 Å². The summed E-state index contributed by atoms with van der Waals surface area (Å²) < 4.78 is 27.5. The van der Waals surface area contributed by atoms with E-state index in [9.17, 15) is 18.0 Å². The quantitative estimate of drug-likeness (QED) is 0.738. The maximum atomic E-state index is 12.5. The standard InChI is InChI=1S/C18H22N4O4S/c23-17(20-9-11-22(12-10-20)27(25,26)14-5-6-14)7-8-21-13-19-16-4-2-1-3-15(16)18(21)24/h1-4,13-14H,5-12H2. The van der Waals surface area contributed by atoms with Crippen molar-refractivity contribution in [2.75, 3.05) is 26.2 Å². The molecule has 1 aromatic heterocycles. The molecule has 2 aromatic rings. The number of carbonyl (C=O) groups excluding carboxylic acids is 1. The Morgan fingerprint density at radius 2 is 1.81 bits per heavy atom. The molecular formula is C18H22N4O4S. The fraction of sp³-hybridized carbons (Fsp3) is 0.500. The van der Waals surface area contributed by atoms with Gasteiger partial charge in [-0.2, -0.15) is 4.31 Å². The average molecular weight is 390 g/mol. The minimum Gasteiger partial charge on any atom is -0.340 e. The van der Waals surface area contributed by atoms with Gasteiger partial charge in [-0.05, 0) is 25.0 Å². The molecule has 0 radical (unpaired) electrons. The largest absolute Gasteiger partial charge is 0.340 e. The maximum absolute atomic E-state index is 12.5. The topological polar surface area (TPSA) is 92.6 Å². The van der Waals surface area contributed by atoms with Crippen LogP contribution in [0.5, 0.6) is 0 Å². The lowest BCUT2D eigenvalue weighted by molar-refractivity contribution is -0.132. The Kier molecular flexibility index (Phi) is 4.73. The summed E-state index contributed by atoms with van der Waals surface area (Å²) in [5.41, 5.74) is 0.479. The third-order valence-corrected chi connectivity index (χ3v) is 7.59. The van der Waals surface area contributed by atoms with Crippen LogP contribution in [0.4, 0.5) is 0 Å². The molecule has 0 unspecified atom stereocenters. The molecule has 1 saturated carbocycles. The number of hydrogen-bond acceptors (Lipinski definition) is 5. The highest BCUT2D eigenvalue weighted by atomic mass is 32.2. The van der Waals surface area contributed by atoms with Crippen molar-refractivity contribution in [2.24, 2.45) is 0 Å². The molecule has 0 spiro atoms. The van der Waals surface area contributed by atoms with Gasteiger partial charge in [-0.3, -0.25) is 14.2 Å². The molecule has 2 aliphatic rings. The second-order valence-corrected chi connectivity index (χ2v) is 9.25. The molecule has 0 atom stereocenters. The van der Waals surface area contributed by atoms with E-state index in [0.29, 0.717) is 37.1 Å². The summed E-state index contributed by atoms with van der Waals surface area (Å²) in [6.45, 7) is 1.76. The predicted molar refractivity (Wildman–Crippen MR) is 101 cm³/mol. The molecule has 144 valence electrons. The van der Waals surface area contributed by atoms with E-state index in [1.165, 1.54) is 15.2 Å². The molecule has 1 aliphatic heterocycles. The lowest BCUT2D eigenvalue weighted by Crippen LogP contribution is -2.51. The molecule has 4 rings (SSSR count). The second-order valence-electron chi connectivity index (χ2n) is 7.03. The van der Waals surface area contributed by atoms with E-state index in [0.717, 1.165) is 12.8 Å². The van der Waals surface area contributed by atoms with Crippen LogP contribution >= 0.6 is 0 Å². The zero-order valence-electron chi connectivity index (χ0n) is 15.0. The third kappa shape index (κ3) is 3.61. The van der Waals surface area contributed by atoms with Gasteiger partial charge in [0.15, 0.2) is 0 Å². The lowest BCUT2D eigenvalue weighted by Gasteiger charge is -2.34. The van der Waals surface area contributed by atoms with E-state index in [-0.39, 0.29) is 29.7 Å². The normalized spacial score (nSPS) is 18.7. The number of sulfonamides is 1. The number of benzene rings is 1. The number of fused-ring (bicyclic) bond motifs is 1. The van der Waals surface area contributed by atoms with E-state index < -0.39 is 10.0 Å². The summed E-state index contributed by atoms with van der Waals surface area (Å²) in [5.74, 6) is -0.0708. The van der Waals surface area contributed by atoms with Crippen molar-refractivity contribution in [3.8, 4) is 0 Å². The van der Waals surface area contributed by atoms with Crippen molar-refractivity contribution in [1.29, 1.82) is 0 Å². The highest BCUT2D eigenvalue weighted by Gasteiger charge is 2.41. The predicted octanol–water partition coefficient (Wildman–Crippen LogP) is 0.423. The summed E-state index contributed by atoms with van der Waals surface area (Å²) in [6, 6.07) is 7.12. The molecule has 1 saturated heterocycles. The van der Waals surface area contributed by atoms with Crippen LogP contribution in [0.15, 0.2) is 35.4 Å². The molecule has 8 nitrogen and oxygen atoms in total. The average Bonchev–Trinajstić information content (AvgIpc) is 3.53. The smallest absolute Gasteiger partial charge is 0.261 e. The van der Waals surface area contributed by atoms with E-state index in [1.807, 2.05) is 6.07 Å². The Morgan fingerprint density at radius 3 is 2.52 bits per heavy atom. The van der Waals surface area contributed by atoms with Crippen LogP contribution in [0.1, 0.15) is 19.3 Å². The van der Waals surface area contributed by atoms with Crippen LogP contribution in [0, 0.1) is 0 Å². The van der Waals surface area contributed by atoms with E-state index in [1.54, 1.807) is 23.1 Å². The Bertz CT molecular complexity index is 1020. The molecule has 1 aliphatic carbocycles. The van der Waals surface area contributed by atoms with Gasteiger partial charge in [0.25, 0.3) is 5.56 Å². The first-order valence-electron chi connectivity index (χ1n) is 9.18. The summed E-state index contributed by atoms with van der Waals surface area (Å²) in [4.78, 5) is 30.9. The number of aryl methyl sites for hydroxylation is 1.